The zero-order valence-electron chi connectivity index (χ0n) is 16.5. The van der Waals surface area contributed by atoms with E-state index in [0.717, 1.165) is 11.3 Å². The van der Waals surface area contributed by atoms with Crippen LogP contribution in [0.25, 0.3) is 11.0 Å². The topological polar surface area (TPSA) is 98.5 Å². The van der Waals surface area contributed by atoms with Gasteiger partial charge in [0.15, 0.2) is 5.65 Å². The fraction of sp³-hybridized carbons (Fsp3) is 0.136. The van der Waals surface area contributed by atoms with Crippen LogP contribution in [0.5, 0.6) is 11.5 Å². The van der Waals surface area contributed by atoms with Gasteiger partial charge in [-0.3, -0.25) is 0 Å². The Balaban J connectivity index is 1.74. The van der Waals surface area contributed by atoms with Crippen molar-refractivity contribution in [2.45, 2.75) is 6.54 Å². The quantitative estimate of drug-likeness (QED) is 0.481. The van der Waals surface area contributed by atoms with Crippen molar-refractivity contribution in [2.75, 3.05) is 19.5 Å². The van der Waals surface area contributed by atoms with Gasteiger partial charge >= 0.3 is 5.97 Å². The van der Waals surface area contributed by atoms with E-state index in [1.807, 2.05) is 42.5 Å². The highest BCUT2D eigenvalue weighted by Crippen LogP contribution is 2.30. The molecule has 2 aromatic carbocycles. The number of rotatable bonds is 7. The highest BCUT2D eigenvalue weighted by atomic mass is 16.5. The molecule has 2 heterocycles. The molecule has 2 aromatic heterocycles. The van der Waals surface area contributed by atoms with Gasteiger partial charge in [-0.15, -0.1) is 0 Å². The van der Waals surface area contributed by atoms with Crippen molar-refractivity contribution < 1.29 is 19.4 Å². The largest absolute Gasteiger partial charge is 0.497 e. The first kappa shape index (κ1) is 19.3. The normalized spacial score (nSPS) is 10.7. The third-order valence-electron chi connectivity index (χ3n) is 4.73. The van der Waals surface area contributed by atoms with Gasteiger partial charge in [0.2, 0.25) is 0 Å². The van der Waals surface area contributed by atoms with E-state index < -0.39 is 5.97 Å². The molecule has 8 nitrogen and oxygen atoms in total. The van der Waals surface area contributed by atoms with Gasteiger partial charge in [0, 0.05) is 18.0 Å². The SMILES string of the molecule is COc1ccc(Cn2ncc3c(Nc4cccc(OC)c4)c(C(=O)O)cnc32)cc1. The number of carboxylic acid groups (broad SMARTS) is 1. The van der Waals surface area contributed by atoms with Crippen LogP contribution in [0.15, 0.2) is 60.9 Å². The van der Waals surface area contributed by atoms with Gasteiger partial charge in [0.1, 0.15) is 17.1 Å². The molecule has 152 valence electrons. The van der Waals surface area contributed by atoms with Crippen LogP contribution in [0, 0.1) is 0 Å². The van der Waals surface area contributed by atoms with Crippen LogP contribution in [0.2, 0.25) is 0 Å². The lowest BCUT2D eigenvalue weighted by Crippen LogP contribution is -2.06. The molecule has 0 radical (unpaired) electrons. The van der Waals surface area contributed by atoms with Crippen molar-refractivity contribution in [3.8, 4) is 11.5 Å². The molecule has 0 saturated carbocycles. The number of aromatic carboxylic acids is 1. The smallest absolute Gasteiger partial charge is 0.339 e. The first-order valence-electron chi connectivity index (χ1n) is 9.21. The molecule has 0 aliphatic heterocycles. The van der Waals surface area contributed by atoms with Crippen molar-refractivity contribution in [1.29, 1.82) is 0 Å². The standard InChI is InChI=1S/C22H20N4O4/c1-29-16-8-6-14(7-9-16)13-26-21-18(12-24-26)20(19(11-23-21)22(27)28)25-15-4-3-5-17(10-15)30-2/h3-12H,13H2,1-2H3,(H,23,25)(H,27,28). The number of carbonyl (C=O) groups is 1. The molecule has 4 rings (SSSR count). The summed E-state index contributed by atoms with van der Waals surface area (Å²) in [6.45, 7) is 0.492. The van der Waals surface area contributed by atoms with Crippen LogP contribution < -0.4 is 14.8 Å². The molecule has 30 heavy (non-hydrogen) atoms. The second-order valence-corrected chi connectivity index (χ2v) is 6.60. The first-order valence-corrected chi connectivity index (χ1v) is 9.21. The molecule has 0 amide bonds. The Hall–Kier alpha value is -4.07. The zero-order chi connectivity index (χ0) is 21.1. The third-order valence-corrected chi connectivity index (χ3v) is 4.73. The lowest BCUT2D eigenvalue weighted by molar-refractivity contribution is 0.0697. The monoisotopic (exact) mass is 404 g/mol. The van der Waals surface area contributed by atoms with Crippen LogP contribution in [-0.2, 0) is 6.54 Å². The summed E-state index contributed by atoms with van der Waals surface area (Å²) in [5.74, 6) is 0.369. The average molecular weight is 404 g/mol. The number of nitrogens with one attached hydrogen (secondary N) is 1. The van der Waals surface area contributed by atoms with E-state index in [9.17, 15) is 9.90 Å². The van der Waals surface area contributed by atoms with Crippen molar-refractivity contribution in [1.82, 2.24) is 14.8 Å². The van der Waals surface area contributed by atoms with Crippen LogP contribution in [-0.4, -0.2) is 40.1 Å². The van der Waals surface area contributed by atoms with Crippen LogP contribution >= 0.6 is 0 Å². The predicted molar refractivity (Wildman–Crippen MR) is 113 cm³/mol. The van der Waals surface area contributed by atoms with Gasteiger partial charge in [-0.2, -0.15) is 5.10 Å². The van der Waals surface area contributed by atoms with E-state index in [4.69, 9.17) is 9.47 Å². The lowest BCUT2D eigenvalue weighted by atomic mass is 10.1. The third kappa shape index (κ3) is 3.75. The molecule has 0 aliphatic carbocycles. The fourth-order valence-electron chi connectivity index (χ4n) is 3.19. The maximum atomic E-state index is 11.8. The van der Waals surface area contributed by atoms with Crippen LogP contribution in [0.4, 0.5) is 11.4 Å². The van der Waals surface area contributed by atoms with Crippen LogP contribution in [0.3, 0.4) is 0 Å². The summed E-state index contributed by atoms with van der Waals surface area (Å²) >= 11 is 0. The molecule has 2 N–H and O–H groups in total. The maximum Gasteiger partial charge on any atom is 0.339 e. The van der Waals surface area contributed by atoms with Gasteiger partial charge < -0.3 is 19.9 Å². The number of carboxylic acids is 1. The number of fused-ring (bicyclic) bond motifs is 1. The summed E-state index contributed by atoms with van der Waals surface area (Å²) in [4.78, 5) is 16.2. The van der Waals surface area contributed by atoms with E-state index in [-0.39, 0.29) is 5.56 Å². The number of pyridine rings is 1. The minimum absolute atomic E-state index is 0.0642. The molecule has 0 saturated heterocycles. The zero-order valence-corrected chi connectivity index (χ0v) is 16.5. The first-order chi connectivity index (χ1) is 14.6. The van der Waals surface area contributed by atoms with Gasteiger partial charge in [0.25, 0.3) is 0 Å². The van der Waals surface area contributed by atoms with E-state index >= 15 is 0 Å². The van der Waals surface area contributed by atoms with Crippen molar-refractivity contribution in [3.63, 3.8) is 0 Å². The highest BCUT2D eigenvalue weighted by molar-refractivity contribution is 6.04. The van der Waals surface area contributed by atoms with Gasteiger partial charge in [-0.05, 0) is 29.8 Å². The Morgan fingerprint density at radius 3 is 2.53 bits per heavy atom. The summed E-state index contributed by atoms with van der Waals surface area (Å²) in [5.41, 5.74) is 2.80. The van der Waals surface area contributed by atoms with Crippen molar-refractivity contribution >= 4 is 28.4 Å². The highest BCUT2D eigenvalue weighted by Gasteiger charge is 2.18. The summed E-state index contributed by atoms with van der Waals surface area (Å²) in [7, 11) is 3.20. The Kier molecular flexibility index (Phi) is 5.21. The Bertz CT molecular complexity index is 1200. The molecule has 8 heteroatoms. The Labute approximate surface area is 172 Å². The number of hydrogen-bond acceptors (Lipinski definition) is 6. The van der Waals surface area contributed by atoms with Gasteiger partial charge in [-0.1, -0.05) is 18.2 Å². The molecule has 0 atom stereocenters. The predicted octanol–water partition coefficient (Wildman–Crippen LogP) is 3.94. The van der Waals surface area contributed by atoms with Crippen molar-refractivity contribution in [3.05, 3.63) is 72.1 Å². The lowest BCUT2D eigenvalue weighted by Gasteiger charge is -2.12. The Morgan fingerprint density at radius 1 is 1.07 bits per heavy atom. The number of methoxy groups -OCH3 is 2. The molecule has 4 aromatic rings. The molecule has 0 aliphatic rings. The average Bonchev–Trinajstić information content (AvgIpc) is 3.17. The number of aromatic nitrogens is 3. The van der Waals surface area contributed by atoms with Crippen LogP contribution in [0.1, 0.15) is 15.9 Å². The summed E-state index contributed by atoms with van der Waals surface area (Å²) in [6, 6.07) is 14.9. The minimum Gasteiger partial charge on any atom is -0.497 e. The second kappa shape index (κ2) is 8.12. The van der Waals surface area contributed by atoms with Gasteiger partial charge in [0.05, 0.1) is 38.0 Å². The molecule has 0 unspecified atom stereocenters. The number of nitrogens with zero attached hydrogens (tertiary/aromatic N) is 3. The van der Waals surface area contributed by atoms with E-state index in [1.54, 1.807) is 31.2 Å². The minimum atomic E-state index is -1.07. The van der Waals surface area contributed by atoms with E-state index in [0.29, 0.717) is 34.7 Å². The summed E-state index contributed by atoms with van der Waals surface area (Å²) < 4.78 is 12.2. The Morgan fingerprint density at radius 2 is 1.83 bits per heavy atom. The molecule has 0 spiro atoms. The number of ether oxygens (including phenoxy) is 2. The fourth-order valence-corrected chi connectivity index (χ4v) is 3.19. The summed E-state index contributed by atoms with van der Waals surface area (Å²) in [5, 5.41) is 17.9. The molecular formula is C22H20N4O4. The maximum absolute atomic E-state index is 11.8. The van der Waals surface area contributed by atoms with Crippen molar-refractivity contribution in [2.24, 2.45) is 0 Å². The summed E-state index contributed by atoms with van der Waals surface area (Å²) in [6.07, 6.45) is 2.97. The van der Waals surface area contributed by atoms with E-state index in [2.05, 4.69) is 15.4 Å². The molecular weight excluding hydrogens is 384 g/mol. The second-order valence-electron chi connectivity index (χ2n) is 6.60. The number of benzene rings is 2. The molecule has 0 bridgehead atoms. The number of hydrogen-bond donors (Lipinski definition) is 2. The van der Waals surface area contributed by atoms with Gasteiger partial charge in [-0.25, -0.2) is 14.5 Å². The number of anilines is 2. The molecule has 0 fully saturated rings. The van der Waals surface area contributed by atoms with E-state index in [1.165, 1.54) is 6.20 Å².